The molecule has 0 bridgehead atoms. The number of ether oxygens (including phenoxy) is 1. The lowest BCUT2D eigenvalue weighted by Crippen LogP contribution is -2.08. The van der Waals surface area contributed by atoms with Gasteiger partial charge < -0.3 is 10.1 Å². The lowest BCUT2D eigenvalue weighted by molar-refractivity contribution is 0.315. The molecule has 3 aromatic rings. The number of nitrogens with zero attached hydrogens (tertiary/aromatic N) is 2. The van der Waals surface area contributed by atoms with Gasteiger partial charge in [0.1, 0.15) is 11.6 Å². The predicted molar refractivity (Wildman–Crippen MR) is 101 cm³/mol. The zero-order chi connectivity index (χ0) is 17.2. The molecule has 0 aliphatic heterocycles. The maximum atomic E-state index is 5.77. The monoisotopic (exact) mass is 332 g/mol. The van der Waals surface area contributed by atoms with Gasteiger partial charge in [-0.25, -0.2) is 4.98 Å². The normalized spacial score (nSPS) is 10.2. The highest BCUT2D eigenvalue weighted by Gasteiger charge is 1.98. The fourth-order valence-electron chi connectivity index (χ4n) is 2.35. The molecule has 1 radical (unpaired) electrons. The molecule has 4 nitrogen and oxygen atoms in total. The van der Waals surface area contributed by atoms with Gasteiger partial charge in [0.15, 0.2) is 0 Å². The smallest absolute Gasteiger partial charge is 0.125 e. The van der Waals surface area contributed by atoms with E-state index in [9.17, 15) is 0 Å². The number of aromatic nitrogens is 1. The number of para-hydroxylation sites is 1. The van der Waals surface area contributed by atoms with Gasteiger partial charge in [-0.1, -0.05) is 36.4 Å². The average molecular weight is 332 g/mol. The number of rotatable bonds is 9. The minimum absolute atomic E-state index is 0.674. The van der Waals surface area contributed by atoms with Gasteiger partial charge >= 0.3 is 0 Å². The minimum atomic E-state index is 0.674. The van der Waals surface area contributed by atoms with Crippen LogP contribution >= 0.6 is 0 Å². The van der Waals surface area contributed by atoms with Crippen LogP contribution in [0.15, 0.2) is 79.0 Å². The molecule has 0 atom stereocenters. The highest BCUT2D eigenvalue weighted by molar-refractivity contribution is 5.36. The molecule has 0 aliphatic carbocycles. The van der Waals surface area contributed by atoms with Crippen LogP contribution < -0.4 is 15.4 Å². The lowest BCUT2D eigenvalue weighted by Gasteiger charge is -2.08. The van der Waals surface area contributed by atoms with Gasteiger partial charge in [-0.15, -0.1) is 0 Å². The number of hydrogen-bond acceptors (Lipinski definition) is 3. The zero-order valence-corrected chi connectivity index (χ0v) is 14.1. The quantitative estimate of drug-likeness (QED) is 0.591. The van der Waals surface area contributed by atoms with Crippen molar-refractivity contribution >= 4 is 11.5 Å². The summed E-state index contributed by atoms with van der Waals surface area (Å²) in [7, 11) is 0. The molecule has 0 unspecified atom stereocenters. The van der Waals surface area contributed by atoms with E-state index in [2.05, 4.69) is 27.8 Å². The topological polar surface area (TPSA) is 48.2 Å². The Hall–Kier alpha value is -3.01. The van der Waals surface area contributed by atoms with E-state index in [0.29, 0.717) is 13.2 Å². The van der Waals surface area contributed by atoms with Crippen LogP contribution in [0.25, 0.3) is 0 Å². The van der Waals surface area contributed by atoms with Gasteiger partial charge in [0.25, 0.3) is 0 Å². The molecular weight excluding hydrogens is 310 g/mol. The Balaban J connectivity index is 1.35. The summed E-state index contributed by atoms with van der Waals surface area (Å²) in [5.74, 6) is 1.79. The Morgan fingerprint density at radius 1 is 0.880 bits per heavy atom. The second kappa shape index (κ2) is 9.33. The summed E-state index contributed by atoms with van der Waals surface area (Å²) < 4.78 is 5.77. The van der Waals surface area contributed by atoms with Gasteiger partial charge in [-0.3, -0.25) is 5.32 Å². The first-order valence-electron chi connectivity index (χ1n) is 8.49. The minimum Gasteiger partial charge on any atom is -0.494 e. The fraction of sp³-hybridized carbons (Fsp3) is 0.190. The van der Waals surface area contributed by atoms with Crippen LogP contribution in [0.5, 0.6) is 5.75 Å². The average Bonchev–Trinajstić information content (AvgIpc) is 2.69. The molecular formula is C21H22N3O. The number of benzene rings is 2. The molecule has 0 saturated heterocycles. The van der Waals surface area contributed by atoms with Crippen LogP contribution in [0.2, 0.25) is 0 Å². The molecule has 0 saturated carbocycles. The maximum Gasteiger partial charge on any atom is 0.125 e. The Kier molecular flexibility index (Phi) is 6.28. The maximum absolute atomic E-state index is 5.77. The second-order valence-electron chi connectivity index (χ2n) is 5.64. The highest BCUT2D eigenvalue weighted by atomic mass is 16.5. The van der Waals surface area contributed by atoms with E-state index in [4.69, 9.17) is 4.74 Å². The Morgan fingerprint density at radius 3 is 2.44 bits per heavy atom. The van der Waals surface area contributed by atoms with Gasteiger partial charge in [0.2, 0.25) is 0 Å². The molecule has 25 heavy (non-hydrogen) atoms. The first-order chi connectivity index (χ1) is 12.4. The van der Waals surface area contributed by atoms with Crippen molar-refractivity contribution in [2.75, 3.05) is 18.5 Å². The zero-order valence-electron chi connectivity index (χ0n) is 14.1. The summed E-state index contributed by atoms with van der Waals surface area (Å²) in [4.78, 5) is 4.22. The fourth-order valence-corrected chi connectivity index (χ4v) is 2.35. The van der Waals surface area contributed by atoms with Crippen LogP contribution in [0.1, 0.15) is 12.0 Å². The van der Waals surface area contributed by atoms with E-state index in [1.165, 1.54) is 5.56 Å². The molecule has 0 aliphatic rings. The van der Waals surface area contributed by atoms with Crippen LogP contribution in [-0.2, 0) is 6.54 Å². The van der Waals surface area contributed by atoms with E-state index in [0.717, 1.165) is 30.2 Å². The van der Waals surface area contributed by atoms with Crippen molar-refractivity contribution in [3.63, 3.8) is 0 Å². The standard InChI is InChI=1S/C21H22N3O/c1-2-7-19(8-3-1)24-17-18-10-12-20(13-11-18)25-16-6-15-23-21-9-4-5-14-22-21/h1-5,7-14H,6,15-17H2,(H,22,23). The number of anilines is 1. The molecule has 1 aromatic heterocycles. The van der Waals surface area contributed by atoms with E-state index >= 15 is 0 Å². The molecule has 1 heterocycles. The Labute approximate surface area is 148 Å². The summed E-state index contributed by atoms with van der Waals surface area (Å²) in [5, 5.41) is 7.84. The van der Waals surface area contributed by atoms with Crippen molar-refractivity contribution in [1.29, 1.82) is 0 Å². The van der Waals surface area contributed by atoms with Crippen LogP contribution in [0.4, 0.5) is 11.5 Å². The second-order valence-corrected chi connectivity index (χ2v) is 5.64. The van der Waals surface area contributed by atoms with Crippen molar-refractivity contribution in [2.24, 2.45) is 0 Å². The number of pyridine rings is 1. The van der Waals surface area contributed by atoms with Crippen LogP contribution in [0.3, 0.4) is 0 Å². The molecule has 1 N–H and O–H groups in total. The molecule has 0 spiro atoms. The van der Waals surface area contributed by atoms with Crippen LogP contribution in [0, 0.1) is 0 Å². The van der Waals surface area contributed by atoms with Crippen molar-refractivity contribution in [1.82, 2.24) is 10.3 Å². The SMILES string of the molecule is c1ccc([N]Cc2ccc(OCCCNc3ccccn3)cc2)cc1. The van der Waals surface area contributed by atoms with E-state index in [1.54, 1.807) is 6.20 Å². The van der Waals surface area contributed by atoms with Gasteiger partial charge in [-0.05, 0) is 48.4 Å². The summed E-state index contributed by atoms with van der Waals surface area (Å²) >= 11 is 0. The predicted octanol–water partition coefficient (Wildman–Crippen LogP) is 4.40. The number of hydrogen-bond donors (Lipinski definition) is 1. The summed E-state index contributed by atoms with van der Waals surface area (Å²) in [6.07, 6.45) is 2.70. The summed E-state index contributed by atoms with van der Waals surface area (Å²) in [6, 6.07) is 24.0. The molecule has 0 amide bonds. The molecule has 3 rings (SSSR count). The van der Waals surface area contributed by atoms with Gasteiger partial charge in [-0.2, -0.15) is 0 Å². The van der Waals surface area contributed by atoms with E-state index in [1.807, 2.05) is 60.7 Å². The summed E-state index contributed by atoms with van der Waals surface area (Å²) in [5.41, 5.74) is 2.18. The Morgan fingerprint density at radius 2 is 1.68 bits per heavy atom. The molecule has 0 fully saturated rings. The first kappa shape index (κ1) is 16.8. The van der Waals surface area contributed by atoms with Crippen molar-refractivity contribution in [3.8, 4) is 5.75 Å². The van der Waals surface area contributed by atoms with Crippen molar-refractivity contribution in [2.45, 2.75) is 13.0 Å². The third kappa shape index (κ3) is 5.84. The van der Waals surface area contributed by atoms with Crippen molar-refractivity contribution in [3.05, 3.63) is 84.6 Å². The lowest BCUT2D eigenvalue weighted by atomic mass is 10.2. The largest absolute Gasteiger partial charge is 0.494 e. The molecule has 2 aromatic carbocycles. The molecule has 4 heteroatoms. The van der Waals surface area contributed by atoms with E-state index < -0.39 is 0 Å². The number of nitrogens with one attached hydrogen (secondary N) is 1. The first-order valence-corrected chi connectivity index (χ1v) is 8.49. The summed E-state index contributed by atoms with van der Waals surface area (Å²) in [6.45, 7) is 2.19. The van der Waals surface area contributed by atoms with Crippen molar-refractivity contribution < 1.29 is 4.74 Å². The van der Waals surface area contributed by atoms with Gasteiger partial charge in [0.05, 0.1) is 18.8 Å². The third-order valence-electron chi connectivity index (χ3n) is 3.68. The third-order valence-corrected chi connectivity index (χ3v) is 3.68. The van der Waals surface area contributed by atoms with Crippen LogP contribution in [-0.4, -0.2) is 18.1 Å². The highest BCUT2D eigenvalue weighted by Crippen LogP contribution is 2.14. The van der Waals surface area contributed by atoms with Gasteiger partial charge in [0, 0.05) is 12.7 Å². The Bertz CT molecular complexity index is 730. The molecule has 127 valence electrons. The van der Waals surface area contributed by atoms with E-state index in [-0.39, 0.29) is 0 Å².